The minimum absolute atomic E-state index is 0.196. The summed E-state index contributed by atoms with van der Waals surface area (Å²) in [5.74, 6) is 0.275. The van der Waals surface area contributed by atoms with E-state index >= 15 is 0 Å². The van der Waals surface area contributed by atoms with E-state index in [1.807, 2.05) is 31.2 Å². The summed E-state index contributed by atoms with van der Waals surface area (Å²) in [6.07, 6.45) is 1.40. The molecule has 1 N–H and O–H groups in total. The minimum Gasteiger partial charge on any atom is -0.494 e. The number of aliphatic carboxylic acids is 1. The zero-order valence-electron chi connectivity index (χ0n) is 9.91. The van der Waals surface area contributed by atoms with Gasteiger partial charge in [-0.2, -0.15) is 5.10 Å². The fourth-order valence-corrected chi connectivity index (χ4v) is 1.53. The van der Waals surface area contributed by atoms with Gasteiger partial charge in [-0.15, -0.1) is 0 Å². The molecule has 0 saturated carbocycles. The SMILES string of the molecule is CCOc1cccc(-c2ncn(CC(=O)O)n2)c1. The van der Waals surface area contributed by atoms with Crippen LogP contribution in [0, 0.1) is 0 Å². The van der Waals surface area contributed by atoms with Crippen molar-refractivity contribution in [2.24, 2.45) is 0 Å². The van der Waals surface area contributed by atoms with E-state index < -0.39 is 5.97 Å². The Kier molecular flexibility index (Phi) is 3.57. The van der Waals surface area contributed by atoms with Crippen molar-refractivity contribution in [1.82, 2.24) is 14.8 Å². The topological polar surface area (TPSA) is 77.2 Å². The van der Waals surface area contributed by atoms with Crippen molar-refractivity contribution in [1.29, 1.82) is 0 Å². The van der Waals surface area contributed by atoms with Gasteiger partial charge >= 0.3 is 5.97 Å². The van der Waals surface area contributed by atoms with Crippen LogP contribution in [0.2, 0.25) is 0 Å². The summed E-state index contributed by atoms with van der Waals surface area (Å²) in [7, 11) is 0. The molecule has 94 valence electrons. The van der Waals surface area contributed by atoms with Crippen LogP contribution in [-0.4, -0.2) is 32.4 Å². The number of carboxylic acids is 1. The molecule has 18 heavy (non-hydrogen) atoms. The van der Waals surface area contributed by atoms with Crippen molar-refractivity contribution in [3.63, 3.8) is 0 Å². The highest BCUT2D eigenvalue weighted by molar-refractivity contribution is 5.66. The standard InChI is InChI=1S/C12H13N3O3/c1-2-18-10-5-3-4-9(6-10)12-13-8-15(14-12)7-11(16)17/h3-6,8H,2,7H2,1H3,(H,16,17). The quantitative estimate of drug-likeness (QED) is 0.864. The molecule has 0 aliphatic carbocycles. The lowest BCUT2D eigenvalue weighted by atomic mass is 10.2. The molecule has 0 radical (unpaired) electrons. The maximum absolute atomic E-state index is 10.5. The van der Waals surface area contributed by atoms with Gasteiger partial charge in [-0.1, -0.05) is 12.1 Å². The summed E-state index contributed by atoms with van der Waals surface area (Å²) in [5.41, 5.74) is 0.796. The number of carboxylic acid groups (broad SMARTS) is 1. The van der Waals surface area contributed by atoms with Crippen LogP contribution >= 0.6 is 0 Å². The molecule has 0 saturated heterocycles. The van der Waals surface area contributed by atoms with Crippen molar-refractivity contribution in [3.05, 3.63) is 30.6 Å². The maximum Gasteiger partial charge on any atom is 0.325 e. The molecular formula is C12H13N3O3. The van der Waals surface area contributed by atoms with Crippen molar-refractivity contribution < 1.29 is 14.6 Å². The molecule has 0 unspecified atom stereocenters. The van der Waals surface area contributed by atoms with Gasteiger partial charge in [0.05, 0.1) is 6.61 Å². The van der Waals surface area contributed by atoms with Gasteiger partial charge in [-0.05, 0) is 19.1 Å². The Morgan fingerprint density at radius 2 is 2.33 bits per heavy atom. The van der Waals surface area contributed by atoms with E-state index in [2.05, 4.69) is 10.1 Å². The summed E-state index contributed by atoms with van der Waals surface area (Å²) < 4.78 is 6.67. The Morgan fingerprint density at radius 1 is 1.50 bits per heavy atom. The molecule has 6 heteroatoms. The molecule has 1 aromatic carbocycles. The summed E-state index contributed by atoms with van der Waals surface area (Å²) in [5, 5.41) is 12.7. The van der Waals surface area contributed by atoms with Crippen LogP contribution < -0.4 is 4.74 Å². The van der Waals surface area contributed by atoms with Crippen LogP contribution in [0.5, 0.6) is 5.75 Å². The van der Waals surface area contributed by atoms with Gasteiger partial charge in [-0.25, -0.2) is 9.67 Å². The van der Waals surface area contributed by atoms with Crippen molar-refractivity contribution in [2.45, 2.75) is 13.5 Å². The predicted molar refractivity (Wildman–Crippen MR) is 64.3 cm³/mol. The highest BCUT2D eigenvalue weighted by Crippen LogP contribution is 2.20. The predicted octanol–water partition coefficient (Wildman–Crippen LogP) is 1.43. The van der Waals surface area contributed by atoms with E-state index in [-0.39, 0.29) is 6.54 Å². The number of rotatable bonds is 5. The highest BCUT2D eigenvalue weighted by atomic mass is 16.5. The number of nitrogens with zero attached hydrogens (tertiary/aromatic N) is 3. The number of carbonyl (C=O) groups is 1. The second-order valence-electron chi connectivity index (χ2n) is 3.62. The van der Waals surface area contributed by atoms with E-state index in [9.17, 15) is 4.79 Å². The highest BCUT2D eigenvalue weighted by Gasteiger charge is 2.07. The monoisotopic (exact) mass is 247 g/mol. The molecule has 1 aromatic heterocycles. The molecule has 0 spiro atoms. The first kappa shape index (κ1) is 12.1. The Bertz CT molecular complexity index is 551. The first-order chi connectivity index (χ1) is 8.69. The fourth-order valence-electron chi connectivity index (χ4n) is 1.53. The number of ether oxygens (including phenoxy) is 1. The smallest absolute Gasteiger partial charge is 0.325 e. The Morgan fingerprint density at radius 3 is 3.06 bits per heavy atom. The maximum atomic E-state index is 10.5. The third-order valence-electron chi connectivity index (χ3n) is 2.24. The van der Waals surface area contributed by atoms with E-state index in [1.54, 1.807) is 0 Å². The number of benzene rings is 1. The summed E-state index contributed by atoms with van der Waals surface area (Å²) in [6, 6.07) is 7.37. The van der Waals surface area contributed by atoms with Crippen LogP contribution in [-0.2, 0) is 11.3 Å². The molecule has 1 heterocycles. The largest absolute Gasteiger partial charge is 0.494 e. The van der Waals surface area contributed by atoms with Crippen LogP contribution in [0.1, 0.15) is 6.92 Å². The molecule has 2 rings (SSSR count). The summed E-state index contributed by atoms with van der Waals surface area (Å²) in [6.45, 7) is 2.30. The van der Waals surface area contributed by atoms with Crippen molar-refractivity contribution in [2.75, 3.05) is 6.61 Å². The Balaban J connectivity index is 2.22. The third-order valence-corrected chi connectivity index (χ3v) is 2.24. The molecule has 2 aromatic rings. The fraction of sp³-hybridized carbons (Fsp3) is 0.250. The minimum atomic E-state index is -0.950. The van der Waals surface area contributed by atoms with E-state index in [1.165, 1.54) is 11.0 Å². The average Bonchev–Trinajstić information content (AvgIpc) is 2.77. The second kappa shape index (κ2) is 5.31. The zero-order chi connectivity index (χ0) is 13.0. The van der Waals surface area contributed by atoms with Crippen molar-refractivity contribution in [3.8, 4) is 17.1 Å². The first-order valence-electron chi connectivity index (χ1n) is 5.53. The van der Waals surface area contributed by atoms with E-state index in [0.29, 0.717) is 12.4 Å². The van der Waals surface area contributed by atoms with Gasteiger partial charge in [0.2, 0.25) is 0 Å². The van der Waals surface area contributed by atoms with Crippen LogP contribution in [0.15, 0.2) is 30.6 Å². The lowest BCUT2D eigenvalue weighted by molar-refractivity contribution is -0.137. The molecule has 0 fully saturated rings. The van der Waals surface area contributed by atoms with Gasteiger partial charge in [0, 0.05) is 5.56 Å². The van der Waals surface area contributed by atoms with Crippen LogP contribution in [0.4, 0.5) is 0 Å². The molecule has 0 aliphatic rings. The summed E-state index contributed by atoms with van der Waals surface area (Å²) >= 11 is 0. The third kappa shape index (κ3) is 2.85. The second-order valence-corrected chi connectivity index (χ2v) is 3.62. The van der Waals surface area contributed by atoms with Crippen LogP contribution in [0.25, 0.3) is 11.4 Å². The average molecular weight is 247 g/mol. The zero-order valence-corrected chi connectivity index (χ0v) is 9.91. The number of hydrogen-bond acceptors (Lipinski definition) is 4. The van der Waals surface area contributed by atoms with Crippen LogP contribution in [0.3, 0.4) is 0 Å². The Labute approximate surface area is 104 Å². The van der Waals surface area contributed by atoms with Gasteiger partial charge in [0.25, 0.3) is 0 Å². The lowest BCUT2D eigenvalue weighted by Crippen LogP contribution is -2.08. The van der Waals surface area contributed by atoms with Gasteiger partial charge in [-0.3, -0.25) is 4.79 Å². The Hall–Kier alpha value is -2.37. The number of hydrogen-bond donors (Lipinski definition) is 1. The van der Waals surface area contributed by atoms with Crippen molar-refractivity contribution >= 4 is 5.97 Å². The van der Waals surface area contributed by atoms with Gasteiger partial charge in [0.1, 0.15) is 18.6 Å². The van der Waals surface area contributed by atoms with E-state index in [4.69, 9.17) is 9.84 Å². The molecule has 0 bridgehead atoms. The normalized spacial score (nSPS) is 10.3. The van der Waals surface area contributed by atoms with Gasteiger partial charge < -0.3 is 9.84 Å². The molecule has 0 atom stereocenters. The number of aromatic nitrogens is 3. The molecule has 6 nitrogen and oxygen atoms in total. The summed E-state index contributed by atoms with van der Waals surface area (Å²) in [4.78, 5) is 14.6. The molecular weight excluding hydrogens is 234 g/mol. The lowest BCUT2D eigenvalue weighted by Gasteiger charge is -2.03. The molecule has 0 amide bonds. The van der Waals surface area contributed by atoms with Gasteiger partial charge in [0.15, 0.2) is 5.82 Å². The molecule has 0 aliphatic heterocycles. The first-order valence-corrected chi connectivity index (χ1v) is 5.53. The van der Waals surface area contributed by atoms with E-state index in [0.717, 1.165) is 11.3 Å².